The normalized spacial score (nSPS) is 11.8. The maximum absolute atomic E-state index is 12.9. The number of nitrogens with zero attached hydrogens (tertiary/aromatic N) is 4. The van der Waals surface area contributed by atoms with E-state index in [0.29, 0.717) is 11.9 Å². The summed E-state index contributed by atoms with van der Waals surface area (Å²) in [5.41, 5.74) is 3.11. The minimum Gasteiger partial charge on any atom is -0.308 e. The van der Waals surface area contributed by atoms with E-state index in [4.69, 9.17) is 5.84 Å². The van der Waals surface area contributed by atoms with Crippen LogP contribution in [-0.4, -0.2) is 19.7 Å². The first-order chi connectivity index (χ1) is 10.5. The molecule has 0 amide bonds. The van der Waals surface area contributed by atoms with Gasteiger partial charge in [0.25, 0.3) is 0 Å². The van der Waals surface area contributed by atoms with E-state index >= 15 is 0 Å². The number of hydrazine groups is 1. The van der Waals surface area contributed by atoms with Crippen LogP contribution in [-0.2, 0) is 12.7 Å². The number of hydrogen-bond donors (Lipinski definition) is 2. The van der Waals surface area contributed by atoms with Gasteiger partial charge in [0.2, 0.25) is 5.82 Å². The highest BCUT2D eigenvalue weighted by atomic mass is 19.4. The van der Waals surface area contributed by atoms with Gasteiger partial charge in [0.15, 0.2) is 11.5 Å². The fourth-order valence-electron chi connectivity index (χ4n) is 2.06. The number of nitrogen functional groups attached to an aromatic ring is 1. The van der Waals surface area contributed by atoms with Gasteiger partial charge in [0, 0.05) is 0 Å². The third kappa shape index (κ3) is 2.58. The predicted octanol–water partition coefficient (Wildman–Crippen LogP) is 2.18. The summed E-state index contributed by atoms with van der Waals surface area (Å²) in [4.78, 5) is 6.97. The molecule has 2 aromatic heterocycles. The Morgan fingerprint density at radius 3 is 2.50 bits per heavy atom. The summed E-state index contributed by atoms with van der Waals surface area (Å²) in [5, 5.41) is 4.40. The minimum atomic E-state index is -4.67. The monoisotopic (exact) mass is 308 g/mol. The standard InChI is InChI=1S/C13H11F3N6/c14-13(15,16)12-19-10(21-17)9-6-18-22(11(9)20-12)7-8-4-2-1-3-5-8/h1-6H,7,17H2,(H,19,20,21). The predicted molar refractivity (Wildman–Crippen MR) is 73.7 cm³/mol. The Balaban J connectivity index is 2.12. The summed E-state index contributed by atoms with van der Waals surface area (Å²) in [6.07, 6.45) is -3.28. The zero-order valence-corrected chi connectivity index (χ0v) is 11.2. The second-order valence-electron chi connectivity index (χ2n) is 4.56. The lowest BCUT2D eigenvalue weighted by atomic mass is 10.2. The molecule has 6 nitrogen and oxygen atoms in total. The van der Waals surface area contributed by atoms with Crippen molar-refractivity contribution < 1.29 is 13.2 Å². The van der Waals surface area contributed by atoms with Crippen molar-refractivity contribution in [2.75, 3.05) is 5.43 Å². The van der Waals surface area contributed by atoms with E-state index in [0.717, 1.165) is 5.56 Å². The van der Waals surface area contributed by atoms with Crippen molar-refractivity contribution in [1.82, 2.24) is 19.7 Å². The van der Waals surface area contributed by atoms with Gasteiger partial charge in [-0.05, 0) is 5.56 Å². The van der Waals surface area contributed by atoms with Crippen LogP contribution in [0.15, 0.2) is 36.5 Å². The number of benzene rings is 1. The van der Waals surface area contributed by atoms with Crippen molar-refractivity contribution >= 4 is 16.9 Å². The van der Waals surface area contributed by atoms with E-state index in [-0.39, 0.29) is 11.5 Å². The molecule has 0 saturated heterocycles. The molecule has 3 N–H and O–H groups in total. The zero-order valence-electron chi connectivity index (χ0n) is 11.2. The van der Waals surface area contributed by atoms with Crippen molar-refractivity contribution in [1.29, 1.82) is 0 Å². The fourth-order valence-corrected chi connectivity index (χ4v) is 2.06. The molecule has 3 rings (SSSR count). The number of rotatable bonds is 3. The van der Waals surface area contributed by atoms with Gasteiger partial charge >= 0.3 is 6.18 Å². The smallest absolute Gasteiger partial charge is 0.308 e. The Bertz CT molecular complexity index is 797. The van der Waals surface area contributed by atoms with Crippen molar-refractivity contribution in [3.63, 3.8) is 0 Å². The first-order valence-corrected chi connectivity index (χ1v) is 6.30. The number of fused-ring (bicyclic) bond motifs is 1. The lowest BCUT2D eigenvalue weighted by Gasteiger charge is -2.09. The Morgan fingerprint density at radius 2 is 1.86 bits per heavy atom. The third-order valence-corrected chi connectivity index (χ3v) is 3.06. The molecule has 3 aromatic rings. The Kier molecular flexibility index (Phi) is 3.41. The Hall–Kier alpha value is -2.68. The third-order valence-electron chi connectivity index (χ3n) is 3.06. The summed E-state index contributed by atoms with van der Waals surface area (Å²) in [6, 6.07) is 9.22. The Labute approximate surface area is 122 Å². The molecule has 22 heavy (non-hydrogen) atoms. The number of hydrogen-bond acceptors (Lipinski definition) is 5. The summed E-state index contributed by atoms with van der Waals surface area (Å²) in [6.45, 7) is 0.294. The summed E-state index contributed by atoms with van der Waals surface area (Å²) < 4.78 is 40.0. The largest absolute Gasteiger partial charge is 0.451 e. The van der Waals surface area contributed by atoms with Crippen molar-refractivity contribution in [2.24, 2.45) is 5.84 Å². The maximum atomic E-state index is 12.9. The quantitative estimate of drug-likeness (QED) is 0.572. The van der Waals surface area contributed by atoms with E-state index in [1.54, 1.807) is 0 Å². The summed E-state index contributed by atoms with van der Waals surface area (Å²) in [7, 11) is 0. The van der Waals surface area contributed by atoms with Crippen LogP contribution < -0.4 is 11.3 Å². The maximum Gasteiger partial charge on any atom is 0.451 e. The van der Waals surface area contributed by atoms with Gasteiger partial charge in [-0.25, -0.2) is 20.5 Å². The minimum absolute atomic E-state index is 0.0686. The van der Waals surface area contributed by atoms with Crippen molar-refractivity contribution in [3.05, 3.63) is 47.9 Å². The van der Waals surface area contributed by atoms with Gasteiger partial charge in [-0.3, -0.25) is 0 Å². The summed E-state index contributed by atoms with van der Waals surface area (Å²) >= 11 is 0. The van der Waals surface area contributed by atoms with E-state index in [1.807, 2.05) is 30.3 Å². The van der Waals surface area contributed by atoms with Gasteiger partial charge in [0.1, 0.15) is 0 Å². The van der Waals surface area contributed by atoms with Crippen LogP contribution >= 0.6 is 0 Å². The zero-order chi connectivity index (χ0) is 15.7. The Morgan fingerprint density at radius 1 is 1.14 bits per heavy atom. The van der Waals surface area contributed by atoms with Crippen LogP contribution in [0.3, 0.4) is 0 Å². The van der Waals surface area contributed by atoms with Crippen LogP contribution in [0, 0.1) is 0 Å². The molecule has 0 atom stereocenters. The lowest BCUT2D eigenvalue weighted by Crippen LogP contribution is -2.16. The topological polar surface area (TPSA) is 81.7 Å². The number of anilines is 1. The molecule has 0 aliphatic carbocycles. The van der Waals surface area contributed by atoms with Crippen molar-refractivity contribution in [2.45, 2.75) is 12.7 Å². The highest BCUT2D eigenvalue weighted by Crippen LogP contribution is 2.30. The van der Waals surface area contributed by atoms with Crippen molar-refractivity contribution in [3.8, 4) is 0 Å². The molecule has 0 unspecified atom stereocenters. The number of halogens is 3. The lowest BCUT2D eigenvalue weighted by molar-refractivity contribution is -0.144. The SMILES string of the molecule is NNc1nc(C(F)(F)F)nc2c1cnn2Cc1ccccc1. The number of aromatic nitrogens is 4. The molecule has 0 aliphatic rings. The van der Waals surface area contributed by atoms with E-state index in [9.17, 15) is 13.2 Å². The molecule has 1 aromatic carbocycles. The number of alkyl halides is 3. The van der Waals surface area contributed by atoms with Crippen LogP contribution in [0.1, 0.15) is 11.4 Å². The molecule has 0 spiro atoms. The van der Waals surface area contributed by atoms with Crippen LogP contribution in [0.5, 0.6) is 0 Å². The molecular weight excluding hydrogens is 297 g/mol. The van der Waals surface area contributed by atoms with Gasteiger partial charge in [-0.1, -0.05) is 30.3 Å². The van der Waals surface area contributed by atoms with Crippen LogP contribution in [0.25, 0.3) is 11.0 Å². The molecule has 0 radical (unpaired) electrons. The molecule has 0 fully saturated rings. The first-order valence-electron chi connectivity index (χ1n) is 6.30. The van der Waals surface area contributed by atoms with Crippen LogP contribution in [0.4, 0.5) is 19.0 Å². The molecule has 9 heteroatoms. The average molecular weight is 308 g/mol. The highest BCUT2D eigenvalue weighted by Gasteiger charge is 2.36. The average Bonchev–Trinajstić information content (AvgIpc) is 2.90. The number of nitrogens with one attached hydrogen (secondary N) is 1. The molecule has 0 bridgehead atoms. The van der Waals surface area contributed by atoms with E-state index in [2.05, 4.69) is 20.5 Å². The molecule has 2 heterocycles. The molecule has 0 saturated carbocycles. The second-order valence-corrected chi connectivity index (χ2v) is 4.56. The van der Waals surface area contributed by atoms with Gasteiger partial charge < -0.3 is 5.43 Å². The first kappa shape index (κ1) is 14.3. The van der Waals surface area contributed by atoms with E-state index in [1.165, 1.54) is 10.9 Å². The molecule has 0 aliphatic heterocycles. The fraction of sp³-hybridized carbons (Fsp3) is 0.154. The van der Waals surface area contributed by atoms with Gasteiger partial charge in [-0.2, -0.15) is 18.3 Å². The molecule has 114 valence electrons. The van der Waals surface area contributed by atoms with E-state index < -0.39 is 12.0 Å². The van der Waals surface area contributed by atoms with Gasteiger partial charge in [0.05, 0.1) is 18.1 Å². The molecular formula is C13H11F3N6. The van der Waals surface area contributed by atoms with Gasteiger partial charge in [-0.15, -0.1) is 0 Å². The highest BCUT2D eigenvalue weighted by molar-refractivity contribution is 5.86. The summed E-state index contributed by atoms with van der Waals surface area (Å²) in [5.74, 6) is 3.87. The van der Waals surface area contributed by atoms with Crippen LogP contribution in [0.2, 0.25) is 0 Å². The number of nitrogens with two attached hydrogens (primary N) is 1. The second kappa shape index (κ2) is 5.26.